The summed E-state index contributed by atoms with van der Waals surface area (Å²) in [5, 5.41) is 3.47. The average Bonchev–Trinajstić information content (AvgIpc) is 2.42. The molecule has 1 amide bonds. The third-order valence-corrected chi connectivity index (χ3v) is 4.19. The topological polar surface area (TPSA) is 55.1 Å². The predicted octanol–water partition coefficient (Wildman–Crippen LogP) is 4.19. The number of halogens is 3. The summed E-state index contributed by atoms with van der Waals surface area (Å²) in [4.78, 5) is 11.7. The molecule has 2 aromatic carbocycles. The molecule has 0 fully saturated rings. The largest absolute Gasteiger partial charge is 0.370 e. The van der Waals surface area contributed by atoms with Crippen molar-refractivity contribution in [2.75, 3.05) is 5.32 Å². The quantitative estimate of drug-likeness (QED) is 0.847. The van der Waals surface area contributed by atoms with Gasteiger partial charge in [-0.25, -0.2) is 4.39 Å². The van der Waals surface area contributed by atoms with Crippen molar-refractivity contribution in [3.63, 3.8) is 0 Å². The molecule has 0 saturated carbocycles. The van der Waals surface area contributed by atoms with Crippen LogP contribution in [0.3, 0.4) is 0 Å². The zero-order chi connectivity index (χ0) is 15.6. The minimum absolute atomic E-state index is 0.216. The molecule has 3 N–H and O–H groups in total. The Kier molecular flexibility index (Phi) is 4.85. The van der Waals surface area contributed by atoms with Crippen LogP contribution in [0, 0.1) is 12.7 Å². The normalized spacial score (nSPS) is 12.0. The number of nitrogens with one attached hydrogen (secondary N) is 1. The van der Waals surface area contributed by atoms with Gasteiger partial charge in [-0.2, -0.15) is 0 Å². The molecule has 3 nitrogen and oxygen atoms in total. The molecular formula is C15H13BrClFN2O. The van der Waals surface area contributed by atoms with Gasteiger partial charge in [-0.15, -0.1) is 0 Å². The molecule has 0 saturated heterocycles. The number of amides is 1. The van der Waals surface area contributed by atoms with Crippen molar-refractivity contribution < 1.29 is 9.18 Å². The second-order valence-corrected chi connectivity index (χ2v) is 5.90. The zero-order valence-corrected chi connectivity index (χ0v) is 13.5. The first-order valence-corrected chi connectivity index (χ1v) is 7.32. The molecule has 0 aliphatic rings. The van der Waals surface area contributed by atoms with E-state index in [1.807, 2.05) is 6.92 Å². The number of carbonyl (C=O) groups excluding carboxylic acids is 1. The maximum absolute atomic E-state index is 13.9. The number of rotatable bonds is 4. The van der Waals surface area contributed by atoms with Gasteiger partial charge in [-0.05, 0) is 47.1 Å². The zero-order valence-electron chi connectivity index (χ0n) is 11.2. The third-order valence-electron chi connectivity index (χ3n) is 2.98. The standard InChI is InChI=1S/C15H13BrClFN2O/c1-8-2-5-13(18)10(6-8)14(15(19)21)20-9-3-4-12(17)11(16)7-9/h2-7,14,20H,1H3,(H2,19,21). The van der Waals surface area contributed by atoms with E-state index in [1.54, 1.807) is 30.3 Å². The lowest BCUT2D eigenvalue weighted by atomic mass is 10.0. The number of nitrogens with two attached hydrogens (primary N) is 1. The van der Waals surface area contributed by atoms with E-state index in [0.29, 0.717) is 15.2 Å². The molecular weight excluding hydrogens is 359 g/mol. The predicted molar refractivity (Wildman–Crippen MR) is 85.8 cm³/mol. The van der Waals surface area contributed by atoms with Gasteiger partial charge in [0.05, 0.1) is 5.02 Å². The van der Waals surface area contributed by atoms with Crippen molar-refractivity contribution in [3.05, 3.63) is 62.8 Å². The van der Waals surface area contributed by atoms with Crippen molar-refractivity contribution in [1.29, 1.82) is 0 Å². The first-order valence-electron chi connectivity index (χ1n) is 6.15. The van der Waals surface area contributed by atoms with Crippen LogP contribution < -0.4 is 11.1 Å². The van der Waals surface area contributed by atoms with Crippen LogP contribution in [0.5, 0.6) is 0 Å². The van der Waals surface area contributed by atoms with Gasteiger partial charge in [0, 0.05) is 15.7 Å². The highest BCUT2D eigenvalue weighted by atomic mass is 79.9. The summed E-state index contributed by atoms with van der Waals surface area (Å²) >= 11 is 9.21. The van der Waals surface area contributed by atoms with E-state index >= 15 is 0 Å². The van der Waals surface area contributed by atoms with Crippen LogP contribution in [0.25, 0.3) is 0 Å². The fourth-order valence-corrected chi connectivity index (χ4v) is 2.44. The SMILES string of the molecule is Cc1ccc(F)c(C(Nc2ccc(Cl)c(Br)c2)C(N)=O)c1. The first-order chi connectivity index (χ1) is 9.88. The maximum atomic E-state index is 13.9. The van der Waals surface area contributed by atoms with Crippen LogP contribution in [0.2, 0.25) is 5.02 Å². The lowest BCUT2D eigenvalue weighted by Crippen LogP contribution is -2.28. The monoisotopic (exact) mass is 370 g/mol. The Labute approximate surface area is 135 Å². The lowest BCUT2D eigenvalue weighted by molar-refractivity contribution is -0.118. The molecule has 0 aromatic heterocycles. The molecule has 6 heteroatoms. The van der Waals surface area contributed by atoms with Crippen molar-refractivity contribution >= 4 is 39.1 Å². The van der Waals surface area contributed by atoms with Crippen LogP contribution in [0.15, 0.2) is 40.9 Å². The van der Waals surface area contributed by atoms with E-state index in [9.17, 15) is 9.18 Å². The van der Waals surface area contributed by atoms with Gasteiger partial charge in [0.25, 0.3) is 0 Å². The van der Waals surface area contributed by atoms with Gasteiger partial charge in [0.15, 0.2) is 0 Å². The van der Waals surface area contributed by atoms with Gasteiger partial charge >= 0.3 is 0 Å². The number of primary amides is 1. The Morgan fingerprint density at radius 2 is 2.05 bits per heavy atom. The number of hydrogen-bond acceptors (Lipinski definition) is 2. The molecule has 2 aromatic rings. The van der Waals surface area contributed by atoms with E-state index < -0.39 is 17.8 Å². The summed E-state index contributed by atoms with van der Waals surface area (Å²) in [5.41, 5.74) is 7.07. The summed E-state index contributed by atoms with van der Waals surface area (Å²) in [6.07, 6.45) is 0. The molecule has 0 bridgehead atoms. The van der Waals surface area contributed by atoms with Gasteiger partial charge in [-0.1, -0.05) is 29.3 Å². The van der Waals surface area contributed by atoms with Crippen LogP contribution in [-0.4, -0.2) is 5.91 Å². The third kappa shape index (κ3) is 3.74. The molecule has 0 radical (unpaired) electrons. The average molecular weight is 372 g/mol. The molecule has 0 spiro atoms. The highest BCUT2D eigenvalue weighted by molar-refractivity contribution is 9.10. The van der Waals surface area contributed by atoms with E-state index in [0.717, 1.165) is 5.56 Å². The minimum atomic E-state index is -0.960. The minimum Gasteiger partial charge on any atom is -0.370 e. The van der Waals surface area contributed by atoms with Crippen LogP contribution in [-0.2, 0) is 4.79 Å². The fraction of sp³-hybridized carbons (Fsp3) is 0.133. The molecule has 0 aliphatic heterocycles. The molecule has 110 valence electrons. The van der Waals surface area contributed by atoms with Crippen LogP contribution in [0.4, 0.5) is 10.1 Å². The van der Waals surface area contributed by atoms with Gasteiger partial charge in [0.2, 0.25) is 5.91 Å². The van der Waals surface area contributed by atoms with Crippen LogP contribution >= 0.6 is 27.5 Å². The summed E-state index contributed by atoms with van der Waals surface area (Å²) in [6, 6.07) is 8.65. The van der Waals surface area contributed by atoms with Gasteiger partial charge in [0.1, 0.15) is 11.9 Å². The van der Waals surface area contributed by atoms with Crippen molar-refractivity contribution in [2.45, 2.75) is 13.0 Å². The number of hydrogen-bond donors (Lipinski definition) is 2. The number of anilines is 1. The summed E-state index contributed by atoms with van der Waals surface area (Å²) in [5.74, 6) is -1.14. The smallest absolute Gasteiger partial charge is 0.244 e. The molecule has 0 heterocycles. The molecule has 2 rings (SSSR count). The summed E-state index contributed by atoms with van der Waals surface area (Å²) in [7, 11) is 0. The molecule has 0 aliphatic carbocycles. The Morgan fingerprint density at radius 1 is 1.33 bits per heavy atom. The Bertz CT molecular complexity index is 693. The Hall–Kier alpha value is -1.59. The summed E-state index contributed by atoms with van der Waals surface area (Å²) in [6.45, 7) is 1.82. The highest BCUT2D eigenvalue weighted by Gasteiger charge is 2.21. The van der Waals surface area contributed by atoms with Gasteiger partial charge < -0.3 is 11.1 Å². The number of benzene rings is 2. The van der Waals surface area contributed by atoms with Crippen molar-refractivity contribution in [3.8, 4) is 0 Å². The molecule has 21 heavy (non-hydrogen) atoms. The second-order valence-electron chi connectivity index (χ2n) is 4.63. The van der Waals surface area contributed by atoms with Crippen molar-refractivity contribution in [2.24, 2.45) is 5.73 Å². The number of carbonyl (C=O) groups is 1. The Morgan fingerprint density at radius 3 is 2.67 bits per heavy atom. The fourth-order valence-electron chi connectivity index (χ4n) is 1.94. The van der Waals surface area contributed by atoms with E-state index in [1.165, 1.54) is 6.07 Å². The second kappa shape index (κ2) is 6.45. The molecule has 1 atom stereocenters. The van der Waals surface area contributed by atoms with Crippen LogP contribution in [0.1, 0.15) is 17.2 Å². The van der Waals surface area contributed by atoms with E-state index in [-0.39, 0.29) is 5.56 Å². The summed E-state index contributed by atoms with van der Waals surface area (Å²) < 4.78 is 14.6. The maximum Gasteiger partial charge on any atom is 0.244 e. The van der Waals surface area contributed by atoms with Gasteiger partial charge in [-0.3, -0.25) is 4.79 Å². The first kappa shape index (κ1) is 15.8. The lowest BCUT2D eigenvalue weighted by Gasteiger charge is -2.18. The van der Waals surface area contributed by atoms with E-state index in [4.69, 9.17) is 17.3 Å². The number of aryl methyl sites for hydroxylation is 1. The highest BCUT2D eigenvalue weighted by Crippen LogP contribution is 2.28. The Balaban J connectivity index is 2.37. The molecule has 1 unspecified atom stereocenters. The van der Waals surface area contributed by atoms with E-state index in [2.05, 4.69) is 21.2 Å². The van der Waals surface area contributed by atoms with Crippen molar-refractivity contribution in [1.82, 2.24) is 0 Å².